The second-order valence-electron chi connectivity index (χ2n) is 8.20. The third kappa shape index (κ3) is 3.83. The highest BCUT2D eigenvalue weighted by molar-refractivity contribution is 5.94. The van der Waals surface area contributed by atoms with Gasteiger partial charge in [-0.25, -0.2) is 0 Å². The lowest BCUT2D eigenvalue weighted by molar-refractivity contribution is -0.120. The van der Waals surface area contributed by atoms with E-state index in [0.717, 1.165) is 37.5 Å². The van der Waals surface area contributed by atoms with Gasteiger partial charge in [0.15, 0.2) is 0 Å². The lowest BCUT2D eigenvalue weighted by Crippen LogP contribution is -2.60. The lowest BCUT2D eigenvalue weighted by atomic mass is 9.83. The number of carbonyl (C=O) groups is 1. The number of rotatable bonds is 4. The fourth-order valence-corrected chi connectivity index (χ4v) is 4.87. The fourth-order valence-electron chi connectivity index (χ4n) is 4.87. The summed E-state index contributed by atoms with van der Waals surface area (Å²) >= 11 is 0. The maximum atomic E-state index is 13.5. The number of carbonyl (C=O) groups excluding carboxylic acids is 1. The van der Waals surface area contributed by atoms with E-state index in [9.17, 15) is 4.79 Å². The van der Waals surface area contributed by atoms with E-state index in [2.05, 4.69) is 63.6 Å². The van der Waals surface area contributed by atoms with Crippen LogP contribution in [0.5, 0.6) is 5.75 Å². The van der Waals surface area contributed by atoms with Crippen molar-refractivity contribution in [3.63, 3.8) is 0 Å². The molecule has 2 aliphatic heterocycles. The van der Waals surface area contributed by atoms with Crippen molar-refractivity contribution in [2.45, 2.75) is 12.5 Å². The predicted molar refractivity (Wildman–Crippen MR) is 125 cm³/mol. The number of ether oxygens (including phenoxy) is 1. The number of fused-ring (bicyclic) bond motifs is 3. The number of methoxy groups -OCH3 is 1. The molecular weight excluding hydrogens is 386 g/mol. The second-order valence-corrected chi connectivity index (χ2v) is 8.20. The van der Waals surface area contributed by atoms with E-state index < -0.39 is 0 Å². The standard InChI is InChI=1S/C26H27N3O2/c1-31-22-12-7-9-20(17-22)27-26(30)23-16-19-8-5-6-13-24(19)29-15-14-28(18-25(23)29)21-10-3-2-4-11-21/h2-13,17,23,25H,14-16,18H2,1H3,(H,27,30). The van der Waals surface area contributed by atoms with Gasteiger partial charge in [-0.2, -0.15) is 0 Å². The van der Waals surface area contributed by atoms with Gasteiger partial charge in [-0.15, -0.1) is 0 Å². The molecule has 1 amide bonds. The van der Waals surface area contributed by atoms with E-state index in [1.165, 1.54) is 16.9 Å². The average molecular weight is 414 g/mol. The molecule has 2 aliphatic rings. The minimum Gasteiger partial charge on any atom is -0.497 e. The summed E-state index contributed by atoms with van der Waals surface area (Å²) in [6.07, 6.45) is 0.746. The first kappa shape index (κ1) is 19.5. The Bertz CT molecular complexity index is 1070. The largest absolute Gasteiger partial charge is 0.497 e. The predicted octanol–water partition coefficient (Wildman–Crippen LogP) is 4.20. The van der Waals surface area contributed by atoms with Gasteiger partial charge in [0.2, 0.25) is 5.91 Å². The summed E-state index contributed by atoms with van der Waals surface area (Å²) in [6.45, 7) is 2.67. The van der Waals surface area contributed by atoms with Crippen LogP contribution in [0.25, 0.3) is 0 Å². The van der Waals surface area contributed by atoms with Crippen molar-refractivity contribution in [1.29, 1.82) is 0 Å². The molecule has 1 N–H and O–H groups in total. The lowest BCUT2D eigenvalue weighted by Gasteiger charge is -2.49. The molecule has 2 unspecified atom stereocenters. The number of hydrogen-bond donors (Lipinski definition) is 1. The molecule has 2 heterocycles. The van der Waals surface area contributed by atoms with Crippen molar-refractivity contribution in [2.24, 2.45) is 5.92 Å². The van der Waals surface area contributed by atoms with Crippen molar-refractivity contribution < 1.29 is 9.53 Å². The molecule has 3 aromatic rings. The summed E-state index contributed by atoms with van der Waals surface area (Å²) in [5.74, 6) is 0.668. The summed E-state index contributed by atoms with van der Waals surface area (Å²) in [5, 5.41) is 3.14. The van der Waals surface area contributed by atoms with Crippen molar-refractivity contribution in [3.8, 4) is 5.75 Å². The fraction of sp³-hybridized carbons (Fsp3) is 0.269. The van der Waals surface area contributed by atoms with Crippen LogP contribution in [-0.2, 0) is 11.2 Å². The van der Waals surface area contributed by atoms with Gasteiger partial charge in [0.05, 0.1) is 19.1 Å². The van der Waals surface area contributed by atoms with E-state index in [0.29, 0.717) is 0 Å². The second kappa shape index (κ2) is 8.34. The molecule has 158 valence electrons. The van der Waals surface area contributed by atoms with Crippen molar-refractivity contribution in [2.75, 3.05) is 41.9 Å². The van der Waals surface area contributed by atoms with Gasteiger partial charge in [0.1, 0.15) is 5.75 Å². The maximum Gasteiger partial charge on any atom is 0.229 e. The smallest absolute Gasteiger partial charge is 0.229 e. The minimum absolute atomic E-state index is 0.0627. The van der Waals surface area contributed by atoms with Crippen molar-refractivity contribution >= 4 is 23.0 Å². The molecule has 1 saturated heterocycles. The number of amides is 1. The van der Waals surface area contributed by atoms with E-state index in [1.807, 2.05) is 30.3 Å². The maximum absolute atomic E-state index is 13.5. The molecule has 5 rings (SSSR count). The zero-order chi connectivity index (χ0) is 21.2. The quantitative estimate of drug-likeness (QED) is 0.696. The zero-order valence-corrected chi connectivity index (χ0v) is 17.7. The normalized spacial score (nSPS) is 19.9. The average Bonchev–Trinajstić information content (AvgIpc) is 2.83. The minimum atomic E-state index is -0.132. The SMILES string of the molecule is COc1cccc(NC(=O)C2Cc3ccccc3N3CCN(c4ccccc4)CC23)c1. The number of nitrogens with zero attached hydrogens (tertiary/aromatic N) is 2. The highest BCUT2D eigenvalue weighted by Crippen LogP contribution is 2.37. The molecule has 3 aromatic carbocycles. The molecule has 5 nitrogen and oxygen atoms in total. The number of benzene rings is 3. The highest BCUT2D eigenvalue weighted by atomic mass is 16.5. The van der Waals surface area contributed by atoms with E-state index in [1.54, 1.807) is 7.11 Å². The molecular formula is C26H27N3O2. The third-order valence-corrected chi connectivity index (χ3v) is 6.42. The molecule has 2 atom stereocenters. The van der Waals surface area contributed by atoms with Gasteiger partial charge >= 0.3 is 0 Å². The van der Waals surface area contributed by atoms with E-state index >= 15 is 0 Å². The van der Waals surface area contributed by atoms with Crippen LogP contribution in [-0.4, -0.2) is 38.7 Å². The first-order valence-electron chi connectivity index (χ1n) is 10.8. The van der Waals surface area contributed by atoms with Crippen LogP contribution in [0.1, 0.15) is 5.56 Å². The Kier molecular flexibility index (Phi) is 5.24. The van der Waals surface area contributed by atoms with Crippen LogP contribution in [0.4, 0.5) is 17.1 Å². The molecule has 31 heavy (non-hydrogen) atoms. The van der Waals surface area contributed by atoms with Crippen molar-refractivity contribution in [3.05, 3.63) is 84.4 Å². The molecule has 0 bridgehead atoms. The topological polar surface area (TPSA) is 44.8 Å². The third-order valence-electron chi connectivity index (χ3n) is 6.42. The molecule has 5 heteroatoms. The highest BCUT2D eigenvalue weighted by Gasteiger charge is 2.41. The summed E-state index contributed by atoms with van der Waals surface area (Å²) < 4.78 is 5.31. The first-order valence-corrected chi connectivity index (χ1v) is 10.8. The number of hydrogen-bond acceptors (Lipinski definition) is 4. The van der Waals surface area contributed by atoms with E-state index in [-0.39, 0.29) is 17.9 Å². The van der Waals surface area contributed by atoms with Crippen LogP contribution in [0.2, 0.25) is 0 Å². The number of nitrogens with one attached hydrogen (secondary N) is 1. The summed E-state index contributed by atoms with van der Waals surface area (Å²) in [5.41, 5.74) is 4.50. The van der Waals surface area contributed by atoms with Gasteiger partial charge in [-0.1, -0.05) is 42.5 Å². The van der Waals surface area contributed by atoms with Crippen LogP contribution in [0.15, 0.2) is 78.9 Å². The molecule has 0 aromatic heterocycles. The monoisotopic (exact) mass is 413 g/mol. The van der Waals surface area contributed by atoms with Crippen LogP contribution in [0.3, 0.4) is 0 Å². The van der Waals surface area contributed by atoms with Crippen LogP contribution in [0, 0.1) is 5.92 Å². The van der Waals surface area contributed by atoms with Gasteiger partial charge in [-0.05, 0) is 42.3 Å². The van der Waals surface area contributed by atoms with Gasteiger partial charge in [0, 0.05) is 42.8 Å². The van der Waals surface area contributed by atoms with Crippen LogP contribution >= 0.6 is 0 Å². The summed E-state index contributed by atoms with van der Waals surface area (Å²) in [6, 6.07) is 26.7. The first-order chi connectivity index (χ1) is 15.2. The molecule has 0 saturated carbocycles. The Labute approximate surface area is 183 Å². The van der Waals surface area contributed by atoms with Crippen molar-refractivity contribution in [1.82, 2.24) is 0 Å². The van der Waals surface area contributed by atoms with Gasteiger partial charge in [0.25, 0.3) is 0 Å². The number of piperazine rings is 1. The molecule has 0 spiro atoms. The van der Waals surface area contributed by atoms with E-state index in [4.69, 9.17) is 4.74 Å². The van der Waals surface area contributed by atoms with Gasteiger partial charge < -0.3 is 19.9 Å². The Balaban J connectivity index is 1.44. The van der Waals surface area contributed by atoms with Crippen LogP contribution < -0.4 is 19.9 Å². The Morgan fingerprint density at radius 1 is 0.968 bits per heavy atom. The Hall–Kier alpha value is -3.47. The Morgan fingerprint density at radius 2 is 1.77 bits per heavy atom. The molecule has 0 aliphatic carbocycles. The molecule has 0 radical (unpaired) electrons. The Morgan fingerprint density at radius 3 is 2.61 bits per heavy atom. The zero-order valence-electron chi connectivity index (χ0n) is 17.7. The summed E-state index contributed by atoms with van der Waals surface area (Å²) in [7, 11) is 1.64. The van der Waals surface area contributed by atoms with Gasteiger partial charge in [-0.3, -0.25) is 4.79 Å². The number of anilines is 3. The summed E-state index contributed by atoms with van der Waals surface area (Å²) in [4.78, 5) is 18.3. The molecule has 1 fully saturated rings. The number of para-hydroxylation sites is 2.